The normalized spacial score (nSPS) is 13.3. The third-order valence-electron chi connectivity index (χ3n) is 3.88. The molecule has 6 heteroatoms. The van der Waals surface area contributed by atoms with Crippen LogP contribution in [-0.2, 0) is 14.3 Å². The van der Waals surface area contributed by atoms with Crippen molar-refractivity contribution in [1.82, 2.24) is 4.98 Å². The number of nitrogens with zero attached hydrogens (tertiary/aromatic N) is 1. The second kappa shape index (κ2) is 11.8. The Bertz CT molecular complexity index is 493. The quantitative estimate of drug-likeness (QED) is 0.547. The van der Waals surface area contributed by atoms with Gasteiger partial charge in [-0.1, -0.05) is 26.2 Å². The number of hydrogen-bond acceptors (Lipinski definition) is 5. The fourth-order valence-electron chi connectivity index (χ4n) is 2.43. The monoisotopic (exact) mass is 352 g/mol. The van der Waals surface area contributed by atoms with Gasteiger partial charge in [0.2, 0.25) is 5.88 Å². The van der Waals surface area contributed by atoms with Crippen molar-refractivity contribution in [3.05, 3.63) is 18.3 Å². The van der Waals surface area contributed by atoms with Gasteiger partial charge in [0.15, 0.2) is 0 Å². The zero-order valence-electron chi connectivity index (χ0n) is 16.0. The number of carbonyl (C=O) groups excluding carboxylic acids is 1. The van der Waals surface area contributed by atoms with Crippen molar-refractivity contribution < 1.29 is 19.0 Å². The molecule has 0 unspecified atom stereocenters. The van der Waals surface area contributed by atoms with E-state index < -0.39 is 5.60 Å². The summed E-state index contributed by atoms with van der Waals surface area (Å²) < 4.78 is 16.4. The summed E-state index contributed by atoms with van der Waals surface area (Å²) in [5.74, 6) is 0.366. The van der Waals surface area contributed by atoms with Crippen LogP contribution in [0.5, 0.6) is 5.88 Å². The number of aromatic nitrogens is 1. The molecule has 6 nitrogen and oxygen atoms in total. The summed E-state index contributed by atoms with van der Waals surface area (Å²) in [6, 6.07) is 3.51. The SMILES string of the molecule is CCCCC[C@@](C)(OCC)C(=O)Nc1ccc(OCCOCC)nc1. The van der Waals surface area contributed by atoms with Gasteiger partial charge in [0, 0.05) is 19.3 Å². The van der Waals surface area contributed by atoms with Gasteiger partial charge in [0.05, 0.1) is 18.5 Å². The van der Waals surface area contributed by atoms with Crippen molar-refractivity contribution in [3.63, 3.8) is 0 Å². The molecule has 1 aromatic rings. The summed E-state index contributed by atoms with van der Waals surface area (Å²) in [4.78, 5) is 16.8. The van der Waals surface area contributed by atoms with Crippen LogP contribution < -0.4 is 10.1 Å². The number of anilines is 1. The Morgan fingerprint density at radius 3 is 2.56 bits per heavy atom. The highest BCUT2D eigenvalue weighted by Gasteiger charge is 2.33. The van der Waals surface area contributed by atoms with E-state index in [0.717, 1.165) is 19.3 Å². The van der Waals surface area contributed by atoms with Crippen molar-refractivity contribution in [3.8, 4) is 5.88 Å². The molecule has 0 saturated carbocycles. The minimum atomic E-state index is -0.823. The molecular weight excluding hydrogens is 320 g/mol. The summed E-state index contributed by atoms with van der Waals surface area (Å²) >= 11 is 0. The molecule has 0 aliphatic heterocycles. The maximum Gasteiger partial charge on any atom is 0.256 e. The number of unbranched alkanes of at least 4 members (excludes halogenated alkanes) is 2. The Morgan fingerprint density at radius 2 is 1.96 bits per heavy atom. The van der Waals surface area contributed by atoms with Crippen LogP contribution in [0, 0.1) is 0 Å². The molecule has 0 bridgehead atoms. The molecule has 1 amide bonds. The van der Waals surface area contributed by atoms with Crippen molar-refractivity contribution in [2.24, 2.45) is 0 Å². The second-order valence-corrected chi connectivity index (χ2v) is 6.01. The predicted molar refractivity (Wildman–Crippen MR) is 99.0 cm³/mol. The van der Waals surface area contributed by atoms with Crippen LogP contribution in [0.4, 0.5) is 5.69 Å². The first-order valence-electron chi connectivity index (χ1n) is 9.17. The summed E-state index contributed by atoms with van der Waals surface area (Å²) in [7, 11) is 0. The molecule has 0 fully saturated rings. The lowest BCUT2D eigenvalue weighted by Gasteiger charge is -2.28. The van der Waals surface area contributed by atoms with Crippen LogP contribution in [0.15, 0.2) is 18.3 Å². The first-order valence-corrected chi connectivity index (χ1v) is 9.17. The highest BCUT2D eigenvalue weighted by molar-refractivity contribution is 5.96. The van der Waals surface area contributed by atoms with E-state index in [4.69, 9.17) is 14.2 Å². The van der Waals surface area contributed by atoms with Gasteiger partial charge >= 0.3 is 0 Å². The van der Waals surface area contributed by atoms with Crippen LogP contribution >= 0.6 is 0 Å². The summed E-state index contributed by atoms with van der Waals surface area (Å²) in [6.45, 7) is 9.98. The first-order chi connectivity index (χ1) is 12.1. The van der Waals surface area contributed by atoms with E-state index in [1.165, 1.54) is 0 Å². The summed E-state index contributed by atoms with van der Waals surface area (Å²) in [6.07, 6.45) is 5.45. The molecule has 142 valence electrons. The molecule has 1 aromatic heterocycles. The maximum atomic E-state index is 12.6. The second-order valence-electron chi connectivity index (χ2n) is 6.01. The largest absolute Gasteiger partial charge is 0.475 e. The Morgan fingerprint density at radius 1 is 1.16 bits per heavy atom. The zero-order valence-corrected chi connectivity index (χ0v) is 16.0. The molecule has 0 aliphatic rings. The van der Waals surface area contributed by atoms with Crippen molar-refractivity contribution in [1.29, 1.82) is 0 Å². The summed E-state index contributed by atoms with van der Waals surface area (Å²) in [5, 5.41) is 2.89. The molecule has 0 radical (unpaired) electrons. The Hall–Kier alpha value is -1.66. The zero-order chi connectivity index (χ0) is 18.5. The van der Waals surface area contributed by atoms with E-state index in [0.29, 0.717) is 44.4 Å². The van der Waals surface area contributed by atoms with Gasteiger partial charge in [-0.2, -0.15) is 0 Å². The van der Waals surface area contributed by atoms with Gasteiger partial charge in [0.25, 0.3) is 5.91 Å². The van der Waals surface area contributed by atoms with Crippen molar-refractivity contribution >= 4 is 11.6 Å². The van der Waals surface area contributed by atoms with Crippen LogP contribution in [-0.4, -0.2) is 42.9 Å². The number of pyridine rings is 1. The van der Waals surface area contributed by atoms with E-state index >= 15 is 0 Å². The number of nitrogens with one attached hydrogen (secondary N) is 1. The molecule has 0 aromatic carbocycles. The van der Waals surface area contributed by atoms with Crippen molar-refractivity contribution in [2.75, 3.05) is 31.7 Å². The van der Waals surface area contributed by atoms with Crippen LogP contribution in [0.25, 0.3) is 0 Å². The average molecular weight is 352 g/mol. The van der Waals surface area contributed by atoms with Gasteiger partial charge in [-0.15, -0.1) is 0 Å². The van der Waals surface area contributed by atoms with E-state index in [9.17, 15) is 4.79 Å². The number of rotatable bonds is 13. The maximum absolute atomic E-state index is 12.6. The lowest BCUT2D eigenvalue weighted by atomic mass is 9.96. The average Bonchev–Trinajstić information content (AvgIpc) is 2.60. The van der Waals surface area contributed by atoms with Gasteiger partial charge in [-0.05, 0) is 33.3 Å². The minimum Gasteiger partial charge on any atom is -0.475 e. The molecular formula is C19H32N2O4. The van der Waals surface area contributed by atoms with E-state index in [1.807, 2.05) is 20.8 Å². The molecule has 1 N–H and O–H groups in total. The molecule has 0 spiro atoms. The van der Waals surface area contributed by atoms with E-state index in [1.54, 1.807) is 18.3 Å². The predicted octanol–water partition coefficient (Wildman–Crippen LogP) is 3.81. The third-order valence-corrected chi connectivity index (χ3v) is 3.88. The van der Waals surface area contributed by atoms with E-state index in [-0.39, 0.29) is 5.91 Å². The fourth-order valence-corrected chi connectivity index (χ4v) is 2.43. The first kappa shape index (κ1) is 21.4. The topological polar surface area (TPSA) is 69.7 Å². The standard InChI is InChI=1S/C19H32N2O4/c1-5-8-9-12-19(4,25-7-3)18(22)21-16-10-11-17(20-15-16)24-14-13-23-6-2/h10-11,15H,5-9,12-14H2,1-4H3,(H,21,22)/t19-/m1/s1. The van der Waals surface area contributed by atoms with E-state index in [2.05, 4.69) is 17.2 Å². The Balaban J connectivity index is 2.58. The minimum absolute atomic E-state index is 0.141. The number of carbonyl (C=O) groups is 1. The number of ether oxygens (including phenoxy) is 3. The third kappa shape index (κ3) is 7.84. The van der Waals surface area contributed by atoms with Gasteiger partial charge in [-0.25, -0.2) is 4.98 Å². The van der Waals surface area contributed by atoms with Crippen LogP contribution in [0.3, 0.4) is 0 Å². The molecule has 1 atom stereocenters. The van der Waals surface area contributed by atoms with Crippen LogP contribution in [0.1, 0.15) is 53.4 Å². The van der Waals surface area contributed by atoms with Gasteiger partial charge < -0.3 is 19.5 Å². The number of amides is 1. The van der Waals surface area contributed by atoms with Crippen LogP contribution in [0.2, 0.25) is 0 Å². The molecule has 25 heavy (non-hydrogen) atoms. The lowest BCUT2D eigenvalue weighted by molar-refractivity contribution is -0.139. The lowest BCUT2D eigenvalue weighted by Crippen LogP contribution is -2.42. The molecule has 0 aliphatic carbocycles. The molecule has 0 saturated heterocycles. The fraction of sp³-hybridized carbons (Fsp3) is 0.684. The Kier molecular flexibility index (Phi) is 10.1. The van der Waals surface area contributed by atoms with Gasteiger partial charge in [0.1, 0.15) is 12.2 Å². The highest BCUT2D eigenvalue weighted by atomic mass is 16.5. The smallest absolute Gasteiger partial charge is 0.256 e. The highest BCUT2D eigenvalue weighted by Crippen LogP contribution is 2.22. The molecule has 1 rings (SSSR count). The number of hydrogen-bond donors (Lipinski definition) is 1. The summed E-state index contributed by atoms with van der Waals surface area (Å²) in [5.41, 5.74) is -0.195. The Labute approximate surface area is 151 Å². The van der Waals surface area contributed by atoms with Crippen molar-refractivity contribution in [2.45, 2.75) is 59.0 Å². The van der Waals surface area contributed by atoms with Gasteiger partial charge in [-0.3, -0.25) is 4.79 Å². The molecule has 1 heterocycles.